The average Bonchev–Trinajstić information content (AvgIpc) is 2.85. The Bertz CT molecular complexity index is 666. The molecule has 0 N–H and O–H groups in total. The van der Waals surface area contributed by atoms with Gasteiger partial charge >= 0.3 is 5.97 Å². The molecule has 0 saturated carbocycles. The predicted molar refractivity (Wildman–Crippen MR) is 126 cm³/mol. The maximum atomic E-state index is 11.0. The van der Waals surface area contributed by atoms with Crippen molar-refractivity contribution in [2.24, 2.45) is 5.92 Å². The first kappa shape index (κ1) is 26.9. The zero-order valence-electron chi connectivity index (χ0n) is 19.6. The normalized spacial score (nSPS) is 17.8. The minimum absolute atomic E-state index is 0.262. The number of ether oxygens (including phenoxy) is 6. The van der Waals surface area contributed by atoms with Crippen molar-refractivity contribution < 1.29 is 33.2 Å². The van der Waals surface area contributed by atoms with Gasteiger partial charge in [0, 0.05) is 17.6 Å². The number of esters is 1. The van der Waals surface area contributed by atoms with E-state index in [1.165, 1.54) is 12.3 Å². The highest BCUT2D eigenvalue weighted by Gasteiger charge is 2.23. The van der Waals surface area contributed by atoms with Gasteiger partial charge in [0.25, 0.3) is 0 Å². The topological polar surface area (TPSA) is 72.5 Å². The van der Waals surface area contributed by atoms with Gasteiger partial charge < -0.3 is 28.4 Å². The predicted octanol–water partition coefficient (Wildman–Crippen LogP) is 5.32. The van der Waals surface area contributed by atoms with Crippen molar-refractivity contribution in [2.75, 3.05) is 39.8 Å². The Labute approximate surface area is 197 Å². The number of rotatable bonds is 18. The van der Waals surface area contributed by atoms with Gasteiger partial charge in [-0.05, 0) is 44.2 Å². The van der Waals surface area contributed by atoms with Crippen molar-refractivity contribution in [2.45, 2.75) is 51.2 Å². The van der Waals surface area contributed by atoms with Gasteiger partial charge in [0.2, 0.25) is 0 Å². The van der Waals surface area contributed by atoms with Crippen molar-refractivity contribution in [3.05, 3.63) is 55.3 Å². The number of carbonyl (C=O) groups is 1. The van der Waals surface area contributed by atoms with Crippen molar-refractivity contribution in [1.82, 2.24) is 0 Å². The van der Waals surface area contributed by atoms with E-state index in [9.17, 15) is 4.79 Å². The van der Waals surface area contributed by atoms with Gasteiger partial charge in [-0.15, -0.1) is 0 Å². The minimum atomic E-state index is -0.359. The zero-order chi connectivity index (χ0) is 23.6. The molecule has 33 heavy (non-hydrogen) atoms. The molecule has 1 fully saturated rings. The largest absolute Gasteiger partial charge is 0.494 e. The second-order valence-electron chi connectivity index (χ2n) is 7.92. The highest BCUT2D eigenvalue weighted by atomic mass is 16.7. The summed E-state index contributed by atoms with van der Waals surface area (Å²) in [5.74, 6) is 0.892. The molecule has 0 bridgehead atoms. The average molecular weight is 463 g/mol. The molecule has 2 rings (SSSR count). The number of benzene rings is 1. The van der Waals surface area contributed by atoms with Gasteiger partial charge in [0.1, 0.15) is 5.75 Å². The van der Waals surface area contributed by atoms with Crippen LogP contribution in [-0.4, -0.2) is 45.8 Å². The Morgan fingerprint density at radius 1 is 0.939 bits per heavy atom. The van der Waals surface area contributed by atoms with E-state index < -0.39 is 0 Å². The number of hydrogen-bond donors (Lipinski definition) is 0. The van der Waals surface area contributed by atoms with E-state index in [2.05, 4.69) is 13.2 Å². The van der Waals surface area contributed by atoms with Crippen LogP contribution in [0.2, 0.25) is 0 Å². The number of carbonyl (C=O) groups excluding carboxylic acids is 1. The van der Waals surface area contributed by atoms with Crippen molar-refractivity contribution in [3.8, 4) is 5.75 Å². The summed E-state index contributed by atoms with van der Waals surface area (Å²) in [4.78, 5) is 11.0. The molecule has 0 amide bonds. The van der Waals surface area contributed by atoms with Crippen LogP contribution >= 0.6 is 0 Å². The molecule has 1 aliphatic heterocycles. The quantitative estimate of drug-likeness (QED) is 0.0961. The van der Waals surface area contributed by atoms with E-state index in [1.54, 1.807) is 0 Å². The molecule has 0 aliphatic carbocycles. The van der Waals surface area contributed by atoms with Crippen molar-refractivity contribution in [3.63, 3.8) is 0 Å². The lowest BCUT2D eigenvalue weighted by Crippen LogP contribution is -2.27. The fourth-order valence-corrected chi connectivity index (χ4v) is 3.40. The third-order valence-corrected chi connectivity index (χ3v) is 5.26. The SMILES string of the molecule is C=COCOCCCCCOc1ccc(C2OCC(CCCCCOC(=O)C=C)CO2)cc1. The van der Waals surface area contributed by atoms with Crippen LogP contribution in [0, 0.1) is 5.92 Å². The highest BCUT2D eigenvalue weighted by molar-refractivity contribution is 5.81. The molecule has 0 atom stereocenters. The Morgan fingerprint density at radius 3 is 2.36 bits per heavy atom. The molecule has 0 aromatic heterocycles. The van der Waals surface area contributed by atoms with Gasteiger partial charge in [-0.2, -0.15) is 0 Å². The maximum absolute atomic E-state index is 11.0. The number of unbranched alkanes of at least 4 members (excludes halogenated alkanes) is 4. The lowest BCUT2D eigenvalue weighted by atomic mass is 10.0. The van der Waals surface area contributed by atoms with Crippen LogP contribution in [0.25, 0.3) is 0 Å². The van der Waals surface area contributed by atoms with E-state index in [-0.39, 0.29) is 19.1 Å². The van der Waals surface area contributed by atoms with Crippen LogP contribution in [0.4, 0.5) is 0 Å². The second-order valence-corrected chi connectivity index (χ2v) is 7.92. The molecule has 7 nitrogen and oxygen atoms in total. The third kappa shape index (κ3) is 11.9. The number of hydrogen-bond acceptors (Lipinski definition) is 7. The van der Waals surface area contributed by atoms with E-state index in [0.29, 0.717) is 39.0 Å². The van der Waals surface area contributed by atoms with Gasteiger partial charge in [0.05, 0.1) is 39.3 Å². The summed E-state index contributed by atoms with van der Waals surface area (Å²) in [6, 6.07) is 7.92. The van der Waals surface area contributed by atoms with E-state index >= 15 is 0 Å². The third-order valence-electron chi connectivity index (χ3n) is 5.26. The van der Waals surface area contributed by atoms with Crippen LogP contribution in [0.5, 0.6) is 5.75 Å². The molecular weight excluding hydrogens is 424 g/mol. The monoisotopic (exact) mass is 462 g/mol. The summed E-state index contributed by atoms with van der Waals surface area (Å²) in [5.41, 5.74) is 1.00. The summed E-state index contributed by atoms with van der Waals surface area (Å²) in [5, 5.41) is 0. The van der Waals surface area contributed by atoms with E-state index in [0.717, 1.165) is 56.3 Å². The van der Waals surface area contributed by atoms with Crippen LogP contribution in [0.1, 0.15) is 56.8 Å². The molecule has 0 unspecified atom stereocenters. The summed E-state index contributed by atoms with van der Waals surface area (Å²) in [7, 11) is 0. The van der Waals surface area contributed by atoms with Crippen molar-refractivity contribution in [1.29, 1.82) is 0 Å². The highest BCUT2D eigenvalue weighted by Crippen LogP contribution is 2.28. The first-order chi connectivity index (χ1) is 16.2. The van der Waals surface area contributed by atoms with E-state index in [1.807, 2.05) is 24.3 Å². The van der Waals surface area contributed by atoms with E-state index in [4.69, 9.17) is 28.4 Å². The summed E-state index contributed by atoms with van der Waals surface area (Å²) < 4.78 is 32.8. The van der Waals surface area contributed by atoms with Gasteiger partial charge in [-0.25, -0.2) is 4.79 Å². The van der Waals surface area contributed by atoms with Gasteiger partial charge in [-0.1, -0.05) is 38.1 Å². The van der Waals surface area contributed by atoms with Crippen LogP contribution in [0.3, 0.4) is 0 Å². The molecule has 1 saturated heterocycles. The molecule has 0 spiro atoms. The lowest BCUT2D eigenvalue weighted by Gasteiger charge is -2.29. The fraction of sp³-hybridized carbons (Fsp3) is 0.577. The molecule has 1 aliphatic rings. The zero-order valence-corrected chi connectivity index (χ0v) is 19.6. The Morgan fingerprint density at radius 2 is 1.64 bits per heavy atom. The molecule has 7 heteroatoms. The smallest absolute Gasteiger partial charge is 0.330 e. The Balaban J connectivity index is 1.51. The first-order valence-electron chi connectivity index (χ1n) is 11.8. The van der Waals surface area contributed by atoms with Gasteiger partial charge in [-0.3, -0.25) is 0 Å². The Kier molecular flexibility index (Phi) is 14.0. The molecule has 1 aromatic carbocycles. The van der Waals surface area contributed by atoms with Crippen LogP contribution in [-0.2, 0) is 28.5 Å². The van der Waals surface area contributed by atoms with Crippen molar-refractivity contribution >= 4 is 5.97 Å². The maximum Gasteiger partial charge on any atom is 0.330 e. The first-order valence-corrected chi connectivity index (χ1v) is 11.8. The van der Waals surface area contributed by atoms with Crippen LogP contribution in [0.15, 0.2) is 49.8 Å². The molecule has 1 aromatic rings. The summed E-state index contributed by atoms with van der Waals surface area (Å²) >= 11 is 0. The summed E-state index contributed by atoms with van der Waals surface area (Å²) in [6.07, 6.45) is 9.24. The second kappa shape index (κ2) is 17.2. The molecular formula is C26H38O7. The fourth-order valence-electron chi connectivity index (χ4n) is 3.40. The molecule has 184 valence electrons. The van der Waals surface area contributed by atoms with Gasteiger partial charge in [0.15, 0.2) is 13.1 Å². The molecule has 1 heterocycles. The Hall–Kier alpha value is -2.35. The van der Waals surface area contributed by atoms with Crippen LogP contribution < -0.4 is 4.74 Å². The standard InChI is InChI=1S/C26H38O7/c1-3-25(27)31-18-9-5-7-11-22-19-32-26(33-20-22)23-12-14-24(15-13-23)30-17-10-6-8-16-29-21-28-4-2/h3-4,12-15,22,26H,1-2,5-11,16-21H2. The molecule has 0 radical (unpaired) electrons. The lowest BCUT2D eigenvalue weighted by molar-refractivity contribution is -0.206. The summed E-state index contributed by atoms with van der Waals surface area (Å²) in [6.45, 7) is 10.3. The minimum Gasteiger partial charge on any atom is -0.494 e.